The van der Waals surface area contributed by atoms with Gasteiger partial charge in [0.2, 0.25) is 0 Å². The quantitative estimate of drug-likeness (QED) is 0.344. The summed E-state index contributed by atoms with van der Waals surface area (Å²) in [5.41, 5.74) is 3.05. The highest BCUT2D eigenvalue weighted by Crippen LogP contribution is 2.50. The number of anilines is 3. The molecule has 3 aromatic carbocycles. The summed E-state index contributed by atoms with van der Waals surface area (Å²) in [6.07, 6.45) is 0. The maximum absolute atomic E-state index is 8.87. The first-order chi connectivity index (χ1) is 11.4. The van der Waals surface area contributed by atoms with E-state index in [1.807, 2.05) is 60.7 Å². The Bertz CT molecular complexity index is 903. The van der Waals surface area contributed by atoms with Crippen molar-refractivity contribution >= 4 is 28.8 Å². The molecular weight excluding hydrogens is 304 g/mol. The van der Waals surface area contributed by atoms with Crippen LogP contribution >= 0.6 is 11.8 Å². The summed E-state index contributed by atoms with van der Waals surface area (Å²) in [6, 6.07) is 24.0. The van der Waals surface area contributed by atoms with Crippen molar-refractivity contribution < 1.29 is 4.74 Å². The standard InChI is InChI=1S/C19H12N2OS/c20-13-23-15-10-11-17-19(12-15)22-18-9-5-4-8-16(18)21(17)14-6-2-1-3-7-14/h1-12H. The van der Waals surface area contributed by atoms with E-state index >= 15 is 0 Å². The lowest BCUT2D eigenvalue weighted by Crippen LogP contribution is -2.15. The van der Waals surface area contributed by atoms with Crippen molar-refractivity contribution in [3.05, 3.63) is 72.8 Å². The summed E-state index contributed by atoms with van der Waals surface area (Å²) in [5, 5.41) is 11.0. The molecule has 0 saturated heterocycles. The number of thiocyanates is 1. The van der Waals surface area contributed by atoms with Gasteiger partial charge in [0, 0.05) is 10.6 Å². The van der Waals surface area contributed by atoms with E-state index in [0.717, 1.165) is 45.2 Å². The predicted molar refractivity (Wildman–Crippen MR) is 92.7 cm³/mol. The second kappa shape index (κ2) is 5.71. The predicted octanol–water partition coefficient (Wildman–Crippen LogP) is 5.84. The maximum atomic E-state index is 8.87. The average molecular weight is 316 g/mol. The molecule has 3 nitrogen and oxygen atoms in total. The first kappa shape index (κ1) is 13.7. The van der Waals surface area contributed by atoms with Gasteiger partial charge in [0.25, 0.3) is 0 Å². The molecular formula is C19H12N2OS. The molecule has 1 heterocycles. The zero-order chi connectivity index (χ0) is 15.6. The van der Waals surface area contributed by atoms with Gasteiger partial charge in [0.05, 0.1) is 11.4 Å². The van der Waals surface area contributed by atoms with Crippen LogP contribution in [-0.4, -0.2) is 0 Å². The molecule has 4 heteroatoms. The van der Waals surface area contributed by atoms with Gasteiger partial charge in [0.1, 0.15) is 5.40 Å². The minimum atomic E-state index is 0.757. The van der Waals surface area contributed by atoms with Crippen molar-refractivity contribution in [2.45, 2.75) is 4.90 Å². The van der Waals surface area contributed by atoms with Crippen molar-refractivity contribution in [2.24, 2.45) is 0 Å². The Kier molecular flexibility index (Phi) is 3.41. The van der Waals surface area contributed by atoms with Crippen LogP contribution in [0.3, 0.4) is 0 Å². The van der Waals surface area contributed by atoms with Crippen LogP contribution in [0.15, 0.2) is 77.7 Å². The van der Waals surface area contributed by atoms with Gasteiger partial charge >= 0.3 is 0 Å². The SMILES string of the molecule is N#CSc1ccc2c(c1)Oc1ccccc1N2c1ccccc1. The highest BCUT2D eigenvalue weighted by atomic mass is 32.2. The molecule has 1 aliphatic heterocycles. The molecule has 0 aliphatic carbocycles. The van der Waals surface area contributed by atoms with Gasteiger partial charge in [-0.1, -0.05) is 30.3 Å². The molecule has 0 amide bonds. The van der Waals surface area contributed by atoms with E-state index in [0.29, 0.717) is 0 Å². The lowest BCUT2D eigenvalue weighted by atomic mass is 10.1. The Morgan fingerprint density at radius 3 is 2.39 bits per heavy atom. The summed E-state index contributed by atoms with van der Waals surface area (Å²) in [7, 11) is 0. The summed E-state index contributed by atoms with van der Waals surface area (Å²) in [5.74, 6) is 1.57. The van der Waals surface area contributed by atoms with Gasteiger partial charge < -0.3 is 9.64 Å². The Morgan fingerprint density at radius 1 is 0.826 bits per heavy atom. The minimum Gasteiger partial charge on any atom is -0.453 e. The van der Waals surface area contributed by atoms with Crippen LogP contribution in [-0.2, 0) is 0 Å². The normalized spacial score (nSPS) is 11.9. The number of nitriles is 1. The third kappa shape index (κ3) is 2.41. The summed E-state index contributed by atoms with van der Waals surface area (Å²) >= 11 is 1.13. The van der Waals surface area contributed by atoms with E-state index in [4.69, 9.17) is 10.00 Å². The van der Waals surface area contributed by atoms with Crippen molar-refractivity contribution in [1.82, 2.24) is 0 Å². The third-order valence-corrected chi connectivity index (χ3v) is 4.26. The van der Waals surface area contributed by atoms with Crippen LogP contribution < -0.4 is 9.64 Å². The fourth-order valence-electron chi connectivity index (χ4n) is 2.71. The number of fused-ring (bicyclic) bond motifs is 2. The molecule has 0 aromatic heterocycles. The Hall–Kier alpha value is -2.90. The zero-order valence-electron chi connectivity index (χ0n) is 12.1. The summed E-state index contributed by atoms with van der Waals surface area (Å²) in [4.78, 5) is 3.05. The van der Waals surface area contributed by atoms with E-state index in [2.05, 4.69) is 22.4 Å². The van der Waals surface area contributed by atoms with Gasteiger partial charge in [-0.05, 0) is 54.2 Å². The number of ether oxygens (including phenoxy) is 1. The largest absolute Gasteiger partial charge is 0.453 e. The summed E-state index contributed by atoms with van der Waals surface area (Å²) < 4.78 is 6.05. The molecule has 3 aromatic rings. The molecule has 4 rings (SSSR count). The van der Waals surface area contributed by atoms with E-state index in [-0.39, 0.29) is 0 Å². The molecule has 1 aliphatic rings. The van der Waals surface area contributed by atoms with E-state index in [1.165, 1.54) is 0 Å². The molecule has 0 atom stereocenters. The smallest absolute Gasteiger partial charge is 0.152 e. The Balaban J connectivity index is 1.91. The lowest BCUT2D eigenvalue weighted by Gasteiger charge is -2.32. The molecule has 0 bridgehead atoms. The van der Waals surface area contributed by atoms with Crippen molar-refractivity contribution in [1.29, 1.82) is 5.26 Å². The molecule has 110 valence electrons. The topological polar surface area (TPSA) is 36.3 Å². The molecule has 0 saturated carbocycles. The first-order valence-electron chi connectivity index (χ1n) is 7.19. The number of nitrogens with zero attached hydrogens (tertiary/aromatic N) is 2. The number of rotatable bonds is 2. The highest BCUT2D eigenvalue weighted by molar-refractivity contribution is 8.03. The zero-order valence-corrected chi connectivity index (χ0v) is 13.0. The lowest BCUT2D eigenvalue weighted by molar-refractivity contribution is 0.475. The molecule has 0 unspecified atom stereocenters. The van der Waals surface area contributed by atoms with Crippen LogP contribution in [0.5, 0.6) is 11.5 Å². The van der Waals surface area contributed by atoms with Crippen LogP contribution in [0.4, 0.5) is 17.1 Å². The Labute approximate surface area is 138 Å². The summed E-state index contributed by atoms with van der Waals surface area (Å²) in [6.45, 7) is 0. The second-order valence-corrected chi connectivity index (χ2v) is 5.92. The number of para-hydroxylation sites is 3. The molecule has 23 heavy (non-hydrogen) atoms. The molecule has 0 spiro atoms. The van der Waals surface area contributed by atoms with Gasteiger partial charge in [-0.15, -0.1) is 0 Å². The van der Waals surface area contributed by atoms with E-state index in [1.54, 1.807) is 0 Å². The van der Waals surface area contributed by atoms with Crippen molar-refractivity contribution in [2.75, 3.05) is 4.90 Å². The first-order valence-corrected chi connectivity index (χ1v) is 8.00. The average Bonchev–Trinajstić information content (AvgIpc) is 2.60. The van der Waals surface area contributed by atoms with Gasteiger partial charge in [-0.25, -0.2) is 0 Å². The minimum absolute atomic E-state index is 0.757. The van der Waals surface area contributed by atoms with Gasteiger partial charge in [0.15, 0.2) is 11.5 Å². The Morgan fingerprint density at radius 2 is 1.57 bits per heavy atom. The van der Waals surface area contributed by atoms with Crippen LogP contribution in [0.2, 0.25) is 0 Å². The number of thioether (sulfide) groups is 1. The fraction of sp³-hybridized carbons (Fsp3) is 0. The number of hydrogen-bond acceptors (Lipinski definition) is 4. The van der Waals surface area contributed by atoms with Crippen molar-refractivity contribution in [3.8, 4) is 16.9 Å². The monoisotopic (exact) mass is 316 g/mol. The van der Waals surface area contributed by atoms with Crippen LogP contribution in [0.25, 0.3) is 0 Å². The van der Waals surface area contributed by atoms with Gasteiger partial charge in [-0.2, -0.15) is 5.26 Å². The number of benzene rings is 3. The fourth-order valence-corrected chi connectivity index (χ4v) is 3.12. The van der Waals surface area contributed by atoms with Crippen LogP contribution in [0.1, 0.15) is 0 Å². The second-order valence-electron chi connectivity index (χ2n) is 5.06. The van der Waals surface area contributed by atoms with E-state index in [9.17, 15) is 0 Å². The maximum Gasteiger partial charge on any atom is 0.152 e. The van der Waals surface area contributed by atoms with Crippen LogP contribution in [0, 0.1) is 10.7 Å². The molecule has 0 radical (unpaired) electrons. The number of hydrogen-bond donors (Lipinski definition) is 0. The van der Waals surface area contributed by atoms with Crippen molar-refractivity contribution in [3.63, 3.8) is 0 Å². The van der Waals surface area contributed by atoms with E-state index < -0.39 is 0 Å². The molecule has 0 N–H and O–H groups in total. The highest BCUT2D eigenvalue weighted by Gasteiger charge is 2.25. The third-order valence-electron chi connectivity index (χ3n) is 3.68. The van der Waals surface area contributed by atoms with Gasteiger partial charge in [-0.3, -0.25) is 0 Å². The molecule has 0 fully saturated rings.